The minimum Gasteiger partial charge on any atom is -0.479 e. The van der Waals surface area contributed by atoms with Gasteiger partial charge in [0.15, 0.2) is 24.8 Å². The Labute approximate surface area is 316 Å². The maximum absolute atomic E-state index is 12.6. The molecule has 0 amide bonds. The van der Waals surface area contributed by atoms with Crippen molar-refractivity contribution in [2.75, 3.05) is 19.8 Å². The molecule has 0 aromatic rings. The average molecular weight is 785 g/mol. The molecule has 2 saturated heterocycles. The van der Waals surface area contributed by atoms with E-state index in [0.29, 0.717) is 25.7 Å². The van der Waals surface area contributed by atoms with E-state index in [1.54, 1.807) is 6.92 Å². The van der Waals surface area contributed by atoms with Crippen LogP contribution in [0.1, 0.15) is 110 Å². The first-order valence-corrected chi connectivity index (χ1v) is 19.2. The van der Waals surface area contributed by atoms with Crippen LogP contribution in [0.15, 0.2) is 0 Å². The van der Waals surface area contributed by atoms with Gasteiger partial charge in [0.05, 0.1) is 31.8 Å². The van der Waals surface area contributed by atoms with E-state index < -0.39 is 117 Å². The molecule has 0 aromatic carbocycles. The zero-order valence-electron chi connectivity index (χ0n) is 31.4. The highest BCUT2D eigenvalue weighted by atomic mass is 16.8. The fourth-order valence-corrected chi connectivity index (χ4v) is 6.36. The van der Waals surface area contributed by atoms with Crippen LogP contribution in [0.4, 0.5) is 0 Å². The van der Waals surface area contributed by atoms with Crippen molar-refractivity contribution >= 4 is 17.9 Å². The molecule has 18 heteroatoms. The lowest BCUT2D eigenvalue weighted by atomic mass is 9.96. The Balaban J connectivity index is 1.88. The molecule has 0 bridgehead atoms. The number of carboxylic acid groups (broad SMARTS) is 1. The van der Waals surface area contributed by atoms with Crippen LogP contribution in [0.5, 0.6) is 0 Å². The molecule has 18 nitrogen and oxygen atoms in total. The molecule has 54 heavy (non-hydrogen) atoms. The Kier molecular flexibility index (Phi) is 23.1. The normalized spacial score (nSPS) is 30.3. The molecule has 2 aliphatic rings. The van der Waals surface area contributed by atoms with Gasteiger partial charge in [0, 0.05) is 6.92 Å². The number of aliphatic hydroxyl groups excluding tert-OH is 8. The van der Waals surface area contributed by atoms with Gasteiger partial charge in [-0.1, -0.05) is 77.6 Å². The summed E-state index contributed by atoms with van der Waals surface area (Å²) in [7, 11) is 0. The predicted octanol–water partition coefficient (Wildman–Crippen LogP) is -0.212. The Bertz CT molecular complexity index is 1060. The Hall–Kier alpha value is -2.07. The molecule has 316 valence electrons. The van der Waals surface area contributed by atoms with Crippen molar-refractivity contribution in [1.29, 1.82) is 0 Å². The smallest absolute Gasteiger partial charge is 0.332 e. The molecular weight excluding hydrogens is 720 g/mol. The van der Waals surface area contributed by atoms with Gasteiger partial charge < -0.3 is 74.4 Å². The van der Waals surface area contributed by atoms with Crippen molar-refractivity contribution in [3.63, 3.8) is 0 Å². The molecule has 0 saturated carbocycles. The van der Waals surface area contributed by atoms with Crippen LogP contribution >= 0.6 is 0 Å². The minimum absolute atomic E-state index is 0.250. The maximum Gasteiger partial charge on any atom is 0.332 e. The summed E-state index contributed by atoms with van der Waals surface area (Å²) in [6.45, 7) is 1.41. The van der Waals surface area contributed by atoms with Gasteiger partial charge in [-0.3, -0.25) is 9.59 Å². The van der Waals surface area contributed by atoms with Gasteiger partial charge in [0.25, 0.3) is 0 Å². The quantitative estimate of drug-likeness (QED) is 0.0385. The summed E-state index contributed by atoms with van der Waals surface area (Å²) >= 11 is 0. The molecule has 2 rings (SSSR count). The van der Waals surface area contributed by atoms with E-state index in [-0.39, 0.29) is 13.0 Å². The summed E-state index contributed by atoms with van der Waals surface area (Å²) in [5.41, 5.74) is 0. The van der Waals surface area contributed by atoms with Crippen molar-refractivity contribution in [3.05, 3.63) is 0 Å². The monoisotopic (exact) mass is 784 g/mol. The number of esters is 2. The lowest BCUT2D eigenvalue weighted by Gasteiger charge is -2.46. The van der Waals surface area contributed by atoms with Crippen molar-refractivity contribution in [1.82, 2.24) is 0 Å². The average Bonchev–Trinajstić information content (AvgIpc) is 3.12. The minimum atomic E-state index is -1.83. The highest BCUT2D eigenvalue weighted by Gasteiger charge is 2.52. The number of ether oxygens (including phenoxy) is 6. The highest BCUT2D eigenvalue weighted by Crippen LogP contribution is 2.31. The number of aliphatic carboxylic acids is 1. The van der Waals surface area contributed by atoms with E-state index in [1.165, 1.54) is 0 Å². The van der Waals surface area contributed by atoms with Crippen LogP contribution in [0.2, 0.25) is 0 Å². The number of carbonyl (C=O) groups is 3. The first-order chi connectivity index (χ1) is 25.7. The second-order valence-corrected chi connectivity index (χ2v) is 14.2. The molecule has 9 N–H and O–H groups in total. The molecule has 0 aliphatic carbocycles. The summed E-state index contributed by atoms with van der Waals surface area (Å²) in [5, 5.41) is 91.6. The lowest BCUT2D eigenvalue weighted by Crippen LogP contribution is -2.65. The van der Waals surface area contributed by atoms with Gasteiger partial charge in [0.2, 0.25) is 0 Å². The summed E-state index contributed by atoms with van der Waals surface area (Å²) < 4.78 is 33.3. The number of hydrogen-bond donors (Lipinski definition) is 9. The van der Waals surface area contributed by atoms with E-state index in [4.69, 9.17) is 33.5 Å². The zero-order valence-corrected chi connectivity index (χ0v) is 31.4. The Morgan fingerprint density at radius 3 is 1.80 bits per heavy atom. The highest BCUT2D eigenvalue weighted by molar-refractivity contribution is 5.71. The van der Waals surface area contributed by atoms with Crippen LogP contribution in [0.3, 0.4) is 0 Å². The van der Waals surface area contributed by atoms with Crippen LogP contribution < -0.4 is 0 Å². The molecule has 2 fully saturated rings. The first-order valence-electron chi connectivity index (χ1n) is 19.2. The van der Waals surface area contributed by atoms with Crippen molar-refractivity contribution in [3.8, 4) is 0 Å². The first kappa shape index (κ1) is 48.1. The van der Waals surface area contributed by atoms with Gasteiger partial charge in [-0.2, -0.15) is 0 Å². The van der Waals surface area contributed by atoms with Gasteiger partial charge in [-0.25, -0.2) is 4.79 Å². The van der Waals surface area contributed by atoms with E-state index >= 15 is 0 Å². The number of carbonyl (C=O) groups excluding carboxylic acids is 2. The van der Waals surface area contributed by atoms with Crippen LogP contribution in [-0.2, 0) is 42.8 Å². The van der Waals surface area contributed by atoms with E-state index in [0.717, 1.165) is 64.7 Å². The van der Waals surface area contributed by atoms with E-state index in [2.05, 4.69) is 0 Å². The van der Waals surface area contributed by atoms with E-state index in [1.807, 2.05) is 0 Å². The van der Waals surface area contributed by atoms with Crippen molar-refractivity contribution in [2.24, 2.45) is 0 Å². The summed E-state index contributed by atoms with van der Waals surface area (Å²) in [6.07, 6.45) is -9.07. The topological polar surface area (TPSA) is 289 Å². The number of unbranched alkanes of at least 4 members (excludes halogenated alkanes) is 9. The molecule has 13 atom stereocenters. The standard InChI is InChI=1S/C36H64O18/c1-3-14-22(39)17-27(42)53-33-29(44)28(43)25(18-37)51-36(33)54-32-26(20-49-21(2)38)52-35(31(46)30(32)45)50-19-23(40)15-12-10-8-6-4-5-7-9-11-13-16-24(41)34(47)48/h22-26,28-33,35-37,39-41,43-46H,3-20H2,1-2H3,(H,47,48)/t22?,23?,24?,25?,26?,28-,29+,30-,31?,32-,33?,35-,36+/m1/s1. The van der Waals surface area contributed by atoms with Gasteiger partial charge >= 0.3 is 17.9 Å². The molecule has 0 spiro atoms. The second-order valence-electron chi connectivity index (χ2n) is 14.2. The molecule has 2 aliphatic heterocycles. The third-order valence-electron chi connectivity index (χ3n) is 9.50. The number of hydrogen-bond acceptors (Lipinski definition) is 17. The summed E-state index contributed by atoms with van der Waals surface area (Å²) in [5.74, 6) is -2.84. The van der Waals surface area contributed by atoms with Crippen molar-refractivity contribution < 1.29 is 88.8 Å². The van der Waals surface area contributed by atoms with Crippen LogP contribution in [0.25, 0.3) is 0 Å². The third-order valence-corrected chi connectivity index (χ3v) is 9.50. The summed E-state index contributed by atoms with van der Waals surface area (Å²) in [6, 6.07) is 0. The van der Waals surface area contributed by atoms with Gasteiger partial charge in [0.1, 0.15) is 49.3 Å². The lowest BCUT2D eigenvalue weighted by molar-refractivity contribution is -0.361. The second kappa shape index (κ2) is 26.0. The number of rotatable bonds is 27. The molecule has 0 radical (unpaired) electrons. The fraction of sp³-hybridized carbons (Fsp3) is 0.917. The fourth-order valence-electron chi connectivity index (χ4n) is 6.36. The molecular formula is C36H64O18. The van der Waals surface area contributed by atoms with E-state index in [9.17, 15) is 55.2 Å². The molecule has 0 aromatic heterocycles. The van der Waals surface area contributed by atoms with Crippen LogP contribution in [-0.4, -0.2) is 163 Å². The van der Waals surface area contributed by atoms with Gasteiger partial charge in [-0.15, -0.1) is 0 Å². The predicted molar refractivity (Wildman–Crippen MR) is 186 cm³/mol. The number of carboxylic acids is 1. The Morgan fingerprint density at radius 2 is 1.24 bits per heavy atom. The van der Waals surface area contributed by atoms with Crippen LogP contribution in [0, 0.1) is 0 Å². The Morgan fingerprint density at radius 1 is 0.685 bits per heavy atom. The van der Waals surface area contributed by atoms with Crippen molar-refractivity contribution in [2.45, 2.75) is 190 Å². The zero-order chi connectivity index (χ0) is 40.2. The largest absolute Gasteiger partial charge is 0.479 e. The molecule has 2 heterocycles. The maximum atomic E-state index is 12.6. The van der Waals surface area contributed by atoms with Gasteiger partial charge in [-0.05, 0) is 19.3 Å². The SMILES string of the molecule is CCCC(O)CC(=O)OC1[C@H](O[C@@H]2C(COC(C)=O)O[C@@H](OCC(O)CCCCCCCCCCCCC(O)C(=O)O)C(O)[C@H]2O)OC(CO)[C@@H](O)[C@@H]1O. The summed E-state index contributed by atoms with van der Waals surface area (Å²) in [4.78, 5) is 34.9. The number of aliphatic hydroxyl groups is 8. The molecule has 7 unspecified atom stereocenters. The third kappa shape index (κ3) is 17.0.